The number of thiocarbonyl (C=S) groups is 1. The summed E-state index contributed by atoms with van der Waals surface area (Å²) in [6, 6.07) is 22.0. The van der Waals surface area contributed by atoms with Crippen molar-refractivity contribution in [3.05, 3.63) is 82.8 Å². The molecule has 0 aromatic heterocycles. The molecule has 0 unspecified atom stereocenters. The van der Waals surface area contributed by atoms with E-state index in [9.17, 15) is 4.79 Å². The van der Waals surface area contributed by atoms with Crippen LogP contribution in [0.5, 0.6) is 17.2 Å². The Morgan fingerprint density at radius 3 is 2.33 bits per heavy atom. The van der Waals surface area contributed by atoms with Gasteiger partial charge in [-0.15, -0.1) is 0 Å². The molecule has 0 radical (unpaired) electrons. The van der Waals surface area contributed by atoms with Crippen LogP contribution >= 0.6 is 28.1 Å². The number of carbonyl (C=O) groups excluding carboxylic acids is 1. The topological polar surface area (TPSA) is 68.8 Å². The lowest BCUT2D eigenvalue weighted by Crippen LogP contribution is -2.34. The van der Waals surface area contributed by atoms with Crippen molar-refractivity contribution in [2.75, 3.05) is 25.1 Å². The summed E-state index contributed by atoms with van der Waals surface area (Å²) in [5, 5.41) is 5.88. The third kappa shape index (κ3) is 8.07. The molecule has 3 aromatic carbocycles. The Hall–Kier alpha value is -3.10. The number of anilines is 1. The third-order valence-corrected chi connectivity index (χ3v) is 5.16. The number of hydrogen-bond donors (Lipinski definition) is 2. The molecule has 0 bridgehead atoms. The van der Waals surface area contributed by atoms with Crippen molar-refractivity contribution in [1.29, 1.82) is 0 Å². The standard InChI is InChI=1S/C25H25BrN2O4S/c1-2-13-32-23-12-11-18(16-22(23)26)24(29)28-25(33)27-19-7-6-10-21(17-19)31-15-14-30-20-8-4-3-5-9-20/h3-12,16-17H,2,13-15H2,1H3,(H2,27,28,29,33). The molecule has 0 saturated carbocycles. The predicted molar refractivity (Wildman–Crippen MR) is 137 cm³/mol. The molecule has 1 amide bonds. The minimum atomic E-state index is -0.319. The zero-order valence-electron chi connectivity index (χ0n) is 18.2. The number of halogens is 1. The molecule has 2 N–H and O–H groups in total. The fraction of sp³-hybridized carbons (Fsp3) is 0.200. The van der Waals surface area contributed by atoms with Crippen LogP contribution in [0.1, 0.15) is 23.7 Å². The summed E-state index contributed by atoms with van der Waals surface area (Å²) in [6.45, 7) is 3.47. The van der Waals surface area contributed by atoms with E-state index in [0.29, 0.717) is 47.0 Å². The Morgan fingerprint density at radius 1 is 0.879 bits per heavy atom. The molecular weight excluding hydrogens is 504 g/mol. The number of amides is 1. The summed E-state index contributed by atoms with van der Waals surface area (Å²) in [6.07, 6.45) is 0.905. The number of hydrogen-bond acceptors (Lipinski definition) is 5. The lowest BCUT2D eigenvalue weighted by atomic mass is 10.2. The van der Waals surface area contributed by atoms with Crippen LogP contribution in [0.3, 0.4) is 0 Å². The first-order valence-electron chi connectivity index (χ1n) is 10.5. The van der Waals surface area contributed by atoms with Crippen LogP contribution in [0.4, 0.5) is 5.69 Å². The molecule has 0 fully saturated rings. The number of nitrogens with one attached hydrogen (secondary N) is 2. The minimum absolute atomic E-state index is 0.187. The zero-order chi connectivity index (χ0) is 23.5. The van der Waals surface area contributed by atoms with Crippen LogP contribution in [0.2, 0.25) is 0 Å². The molecule has 0 aliphatic carbocycles. The Morgan fingerprint density at radius 2 is 1.61 bits per heavy atom. The van der Waals surface area contributed by atoms with Crippen molar-refractivity contribution >= 4 is 44.9 Å². The molecule has 0 heterocycles. The van der Waals surface area contributed by atoms with Crippen LogP contribution in [0, 0.1) is 0 Å². The van der Waals surface area contributed by atoms with Crippen molar-refractivity contribution in [3.8, 4) is 17.2 Å². The Bertz CT molecular complexity index is 1080. The fourth-order valence-corrected chi connectivity index (χ4v) is 3.51. The second-order valence-electron chi connectivity index (χ2n) is 6.94. The quantitative estimate of drug-likeness (QED) is 0.255. The van der Waals surface area contributed by atoms with Crippen molar-refractivity contribution < 1.29 is 19.0 Å². The highest BCUT2D eigenvalue weighted by Gasteiger charge is 2.11. The molecule has 0 spiro atoms. The molecule has 3 aromatic rings. The maximum absolute atomic E-state index is 12.5. The van der Waals surface area contributed by atoms with E-state index >= 15 is 0 Å². The van der Waals surface area contributed by atoms with Crippen molar-refractivity contribution in [2.24, 2.45) is 0 Å². The number of benzene rings is 3. The van der Waals surface area contributed by atoms with Crippen LogP contribution in [-0.4, -0.2) is 30.8 Å². The molecule has 8 heteroatoms. The predicted octanol–water partition coefficient (Wildman–Crippen LogP) is 5.82. The normalized spacial score (nSPS) is 10.2. The molecule has 0 aliphatic rings. The van der Waals surface area contributed by atoms with Crippen LogP contribution in [0.15, 0.2) is 77.3 Å². The zero-order valence-corrected chi connectivity index (χ0v) is 20.6. The van der Waals surface area contributed by atoms with Gasteiger partial charge in [-0.3, -0.25) is 10.1 Å². The highest BCUT2D eigenvalue weighted by Crippen LogP contribution is 2.26. The van der Waals surface area contributed by atoms with Gasteiger partial charge in [0.05, 0.1) is 11.1 Å². The first-order chi connectivity index (χ1) is 16.0. The SMILES string of the molecule is CCCOc1ccc(C(=O)NC(=S)Nc2cccc(OCCOc3ccccc3)c2)cc1Br. The molecule has 6 nitrogen and oxygen atoms in total. The first-order valence-corrected chi connectivity index (χ1v) is 11.7. The maximum Gasteiger partial charge on any atom is 0.257 e. The van der Waals surface area contributed by atoms with Gasteiger partial charge in [0, 0.05) is 17.3 Å². The summed E-state index contributed by atoms with van der Waals surface area (Å²) < 4.78 is 17.7. The van der Waals surface area contributed by atoms with Gasteiger partial charge in [-0.1, -0.05) is 31.2 Å². The molecule has 172 valence electrons. The highest BCUT2D eigenvalue weighted by molar-refractivity contribution is 9.10. The van der Waals surface area contributed by atoms with E-state index in [1.165, 1.54) is 0 Å². The molecule has 33 heavy (non-hydrogen) atoms. The summed E-state index contributed by atoms with van der Waals surface area (Å²) in [5.41, 5.74) is 1.16. The van der Waals surface area contributed by atoms with Gasteiger partial charge in [-0.2, -0.15) is 0 Å². The lowest BCUT2D eigenvalue weighted by Gasteiger charge is -2.13. The number of ether oxygens (including phenoxy) is 3. The van der Waals surface area contributed by atoms with Gasteiger partial charge in [-0.25, -0.2) is 0 Å². The van der Waals surface area contributed by atoms with Gasteiger partial charge in [0.15, 0.2) is 5.11 Å². The van der Waals surface area contributed by atoms with E-state index in [4.69, 9.17) is 26.4 Å². The van der Waals surface area contributed by atoms with Gasteiger partial charge in [0.2, 0.25) is 0 Å². The number of carbonyl (C=O) groups is 1. The van der Waals surface area contributed by atoms with Crippen LogP contribution in [0.25, 0.3) is 0 Å². The van der Waals surface area contributed by atoms with Gasteiger partial charge in [0.25, 0.3) is 5.91 Å². The Kier molecular flexibility index (Phi) is 9.53. The smallest absolute Gasteiger partial charge is 0.257 e. The molecule has 0 saturated heterocycles. The second kappa shape index (κ2) is 12.8. The monoisotopic (exact) mass is 528 g/mol. The largest absolute Gasteiger partial charge is 0.492 e. The third-order valence-electron chi connectivity index (χ3n) is 4.34. The van der Waals surface area contributed by atoms with E-state index in [2.05, 4.69) is 26.6 Å². The Labute approximate surface area is 207 Å². The minimum Gasteiger partial charge on any atom is -0.492 e. The molecule has 0 aliphatic heterocycles. The molecule has 3 rings (SSSR count). The lowest BCUT2D eigenvalue weighted by molar-refractivity contribution is 0.0977. The van der Waals surface area contributed by atoms with E-state index in [1.807, 2.05) is 55.5 Å². The van der Waals surface area contributed by atoms with Crippen molar-refractivity contribution in [2.45, 2.75) is 13.3 Å². The average molecular weight is 529 g/mol. The molecular formula is C25H25BrN2O4S. The average Bonchev–Trinajstić information content (AvgIpc) is 2.82. The van der Waals surface area contributed by atoms with E-state index in [-0.39, 0.29) is 11.0 Å². The van der Waals surface area contributed by atoms with Gasteiger partial charge in [-0.05, 0) is 77.0 Å². The van der Waals surface area contributed by atoms with Gasteiger partial charge in [0.1, 0.15) is 30.5 Å². The van der Waals surface area contributed by atoms with E-state index in [1.54, 1.807) is 24.3 Å². The van der Waals surface area contributed by atoms with Crippen LogP contribution in [-0.2, 0) is 0 Å². The van der Waals surface area contributed by atoms with Crippen LogP contribution < -0.4 is 24.8 Å². The highest BCUT2D eigenvalue weighted by atomic mass is 79.9. The summed E-state index contributed by atoms with van der Waals surface area (Å²) in [4.78, 5) is 12.5. The van der Waals surface area contributed by atoms with Crippen molar-refractivity contribution in [1.82, 2.24) is 5.32 Å². The van der Waals surface area contributed by atoms with Crippen molar-refractivity contribution in [3.63, 3.8) is 0 Å². The van der Waals surface area contributed by atoms with Gasteiger partial charge < -0.3 is 19.5 Å². The summed E-state index contributed by atoms with van der Waals surface area (Å²) in [5.74, 6) is 1.84. The number of rotatable bonds is 10. The number of para-hydroxylation sites is 1. The Balaban J connectivity index is 1.47. The second-order valence-corrected chi connectivity index (χ2v) is 8.20. The summed E-state index contributed by atoms with van der Waals surface area (Å²) in [7, 11) is 0. The van der Waals surface area contributed by atoms with E-state index in [0.717, 1.165) is 12.2 Å². The first kappa shape index (κ1) is 24.5. The fourth-order valence-electron chi connectivity index (χ4n) is 2.81. The molecule has 0 atom stereocenters. The summed E-state index contributed by atoms with van der Waals surface area (Å²) >= 11 is 8.73. The maximum atomic E-state index is 12.5. The van der Waals surface area contributed by atoms with E-state index < -0.39 is 0 Å². The van der Waals surface area contributed by atoms with Gasteiger partial charge >= 0.3 is 0 Å².